The highest BCUT2D eigenvalue weighted by Gasteiger charge is 2.12. The van der Waals surface area contributed by atoms with Crippen LogP contribution in [0.2, 0.25) is 0 Å². The summed E-state index contributed by atoms with van der Waals surface area (Å²) >= 11 is 1.30. The van der Waals surface area contributed by atoms with E-state index in [9.17, 15) is 10.2 Å². The number of thiazole rings is 1. The van der Waals surface area contributed by atoms with Gasteiger partial charge in [0.25, 0.3) is 0 Å². The summed E-state index contributed by atoms with van der Waals surface area (Å²) in [7, 11) is 1.41. The Morgan fingerprint density at radius 3 is 2.69 bits per heavy atom. The van der Waals surface area contributed by atoms with E-state index in [1.54, 1.807) is 11.4 Å². The zero-order valence-corrected chi connectivity index (χ0v) is 9.28. The molecule has 2 aromatic rings. The van der Waals surface area contributed by atoms with Gasteiger partial charge in [-0.3, -0.25) is 0 Å². The van der Waals surface area contributed by atoms with E-state index in [-0.39, 0.29) is 17.2 Å². The molecule has 0 saturated heterocycles. The summed E-state index contributed by atoms with van der Waals surface area (Å²) in [6.45, 7) is 0. The van der Waals surface area contributed by atoms with Crippen molar-refractivity contribution in [2.45, 2.75) is 0 Å². The van der Waals surface area contributed by atoms with Gasteiger partial charge in [0, 0.05) is 10.9 Å². The van der Waals surface area contributed by atoms with E-state index in [0.717, 1.165) is 0 Å². The molecule has 4 N–H and O–H groups in total. The number of hydrogen-bond donors (Lipinski definition) is 3. The highest BCUT2D eigenvalue weighted by molar-refractivity contribution is 7.13. The van der Waals surface area contributed by atoms with Crippen molar-refractivity contribution in [2.75, 3.05) is 12.8 Å². The van der Waals surface area contributed by atoms with E-state index >= 15 is 0 Å². The number of methoxy groups -OCH3 is 1. The summed E-state index contributed by atoms with van der Waals surface area (Å²) in [5.41, 5.74) is 6.79. The lowest BCUT2D eigenvalue weighted by Crippen LogP contribution is -1.87. The molecule has 0 fully saturated rings. The molecule has 2 rings (SSSR count). The Balaban J connectivity index is 2.54. The molecule has 0 aliphatic carbocycles. The number of nitrogens with two attached hydrogens (primary N) is 1. The lowest BCUT2D eigenvalue weighted by molar-refractivity contribution is 0.351. The average molecular weight is 238 g/mol. The fourth-order valence-electron chi connectivity index (χ4n) is 1.32. The molecule has 0 saturated carbocycles. The highest BCUT2D eigenvalue weighted by atomic mass is 32.1. The minimum absolute atomic E-state index is 0.196. The van der Waals surface area contributed by atoms with E-state index in [0.29, 0.717) is 16.4 Å². The first-order chi connectivity index (χ1) is 7.61. The third-order valence-corrected chi connectivity index (χ3v) is 2.77. The zero-order chi connectivity index (χ0) is 11.7. The summed E-state index contributed by atoms with van der Waals surface area (Å²) in [4.78, 5) is 4.08. The van der Waals surface area contributed by atoms with E-state index in [1.165, 1.54) is 24.5 Å². The van der Waals surface area contributed by atoms with Gasteiger partial charge >= 0.3 is 0 Å². The molecule has 1 aromatic heterocycles. The summed E-state index contributed by atoms with van der Waals surface area (Å²) in [6, 6.07) is 3.00. The molecule has 1 aromatic carbocycles. The molecule has 0 atom stereocenters. The van der Waals surface area contributed by atoms with Crippen molar-refractivity contribution >= 4 is 16.5 Å². The molecular weight excluding hydrogens is 228 g/mol. The normalized spacial score (nSPS) is 10.3. The molecule has 0 aliphatic rings. The number of rotatable bonds is 2. The van der Waals surface area contributed by atoms with E-state index in [4.69, 9.17) is 10.5 Å². The quantitative estimate of drug-likeness (QED) is 0.694. The van der Waals surface area contributed by atoms with Crippen LogP contribution in [0.1, 0.15) is 0 Å². The second-order valence-electron chi connectivity index (χ2n) is 3.12. The maximum atomic E-state index is 9.49. The van der Waals surface area contributed by atoms with Gasteiger partial charge in [-0.1, -0.05) is 0 Å². The first-order valence-corrected chi connectivity index (χ1v) is 5.31. The van der Waals surface area contributed by atoms with Gasteiger partial charge in [0.15, 0.2) is 16.6 Å². The summed E-state index contributed by atoms with van der Waals surface area (Å²) in [6.07, 6.45) is 0. The Hall–Kier alpha value is -1.95. The molecule has 0 spiro atoms. The minimum Gasteiger partial charge on any atom is -0.504 e. The highest BCUT2D eigenvalue weighted by Crippen LogP contribution is 2.39. The molecule has 0 radical (unpaired) electrons. The van der Waals surface area contributed by atoms with Crippen molar-refractivity contribution in [3.05, 3.63) is 17.5 Å². The lowest BCUT2D eigenvalue weighted by Gasteiger charge is -2.07. The Labute approximate surface area is 95.8 Å². The Morgan fingerprint density at radius 2 is 2.12 bits per heavy atom. The maximum Gasteiger partial charge on any atom is 0.200 e. The number of ether oxygens (including phenoxy) is 1. The van der Waals surface area contributed by atoms with Crippen LogP contribution in [0.5, 0.6) is 17.2 Å². The first-order valence-electron chi connectivity index (χ1n) is 4.43. The van der Waals surface area contributed by atoms with Gasteiger partial charge < -0.3 is 20.7 Å². The van der Waals surface area contributed by atoms with Gasteiger partial charge in [0.1, 0.15) is 0 Å². The predicted molar refractivity (Wildman–Crippen MR) is 61.8 cm³/mol. The Bertz CT molecular complexity index is 525. The monoisotopic (exact) mass is 238 g/mol. The fourth-order valence-corrected chi connectivity index (χ4v) is 1.89. The van der Waals surface area contributed by atoms with Gasteiger partial charge in [-0.25, -0.2) is 4.98 Å². The smallest absolute Gasteiger partial charge is 0.200 e. The van der Waals surface area contributed by atoms with E-state index in [2.05, 4.69) is 4.98 Å². The molecule has 0 amide bonds. The molecule has 0 unspecified atom stereocenters. The van der Waals surface area contributed by atoms with Crippen molar-refractivity contribution < 1.29 is 14.9 Å². The lowest BCUT2D eigenvalue weighted by atomic mass is 10.1. The van der Waals surface area contributed by atoms with Crippen molar-refractivity contribution in [1.29, 1.82) is 0 Å². The van der Waals surface area contributed by atoms with Crippen molar-refractivity contribution in [3.8, 4) is 28.5 Å². The van der Waals surface area contributed by atoms with Crippen LogP contribution in [0, 0.1) is 0 Å². The molecule has 0 bridgehead atoms. The van der Waals surface area contributed by atoms with E-state index in [1.807, 2.05) is 0 Å². The number of benzene rings is 1. The number of nitrogens with zero attached hydrogens (tertiary/aromatic N) is 1. The topological polar surface area (TPSA) is 88.6 Å². The summed E-state index contributed by atoms with van der Waals surface area (Å²) in [5.74, 6) is -0.336. The molecule has 6 heteroatoms. The number of aromatic nitrogens is 1. The van der Waals surface area contributed by atoms with Crippen molar-refractivity contribution in [1.82, 2.24) is 4.98 Å². The molecular formula is C10H10N2O3S. The summed E-state index contributed by atoms with van der Waals surface area (Å²) in [5, 5.41) is 21.2. The fraction of sp³-hybridized carbons (Fsp3) is 0.100. The van der Waals surface area contributed by atoms with Crippen LogP contribution < -0.4 is 10.5 Å². The second kappa shape index (κ2) is 3.90. The first kappa shape index (κ1) is 10.6. The number of phenolic OH excluding ortho intramolecular Hbond substituents is 2. The number of nitrogen functional groups attached to an aromatic ring is 1. The van der Waals surface area contributed by atoms with Crippen LogP contribution in [-0.4, -0.2) is 22.3 Å². The number of phenols is 2. The maximum absolute atomic E-state index is 9.49. The third-order valence-electron chi connectivity index (χ3n) is 2.09. The number of aromatic hydroxyl groups is 2. The van der Waals surface area contributed by atoms with E-state index < -0.39 is 0 Å². The van der Waals surface area contributed by atoms with Gasteiger partial charge in [-0.05, 0) is 12.1 Å². The largest absolute Gasteiger partial charge is 0.504 e. The number of hydrogen-bond acceptors (Lipinski definition) is 6. The van der Waals surface area contributed by atoms with Crippen LogP contribution in [0.25, 0.3) is 11.3 Å². The Kier molecular flexibility index (Phi) is 2.57. The average Bonchev–Trinajstić information content (AvgIpc) is 2.69. The van der Waals surface area contributed by atoms with Gasteiger partial charge in [0.05, 0.1) is 12.8 Å². The molecule has 5 nitrogen and oxygen atoms in total. The van der Waals surface area contributed by atoms with Crippen molar-refractivity contribution in [3.63, 3.8) is 0 Å². The van der Waals surface area contributed by atoms with Crippen LogP contribution in [0.4, 0.5) is 5.13 Å². The van der Waals surface area contributed by atoms with Crippen LogP contribution in [0.3, 0.4) is 0 Å². The van der Waals surface area contributed by atoms with Gasteiger partial charge in [-0.15, -0.1) is 11.3 Å². The minimum atomic E-state index is -0.283. The Morgan fingerprint density at radius 1 is 1.38 bits per heavy atom. The summed E-state index contributed by atoms with van der Waals surface area (Å²) < 4.78 is 4.93. The predicted octanol–water partition coefficient (Wildman–Crippen LogP) is 1.81. The van der Waals surface area contributed by atoms with Crippen LogP contribution >= 0.6 is 11.3 Å². The molecule has 1 heterocycles. The molecule has 16 heavy (non-hydrogen) atoms. The second-order valence-corrected chi connectivity index (χ2v) is 4.01. The molecule has 0 aliphatic heterocycles. The standard InChI is InChI=1S/C10H10N2O3S/c1-15-8-3-5(2-7(13)9(8)14)6-4-16-10(11)12-6/h2-4,13-14H,1H3,(H2,11,12). The van der Waals surface area contributed by atoms with Gasteiger partial charge in [-0.2, -0.15) is 0 Å². The SMILES string of the molecule is COc1cc(-c2csc(N)n2)cc(O)c1O. The zero-order valence-electron chi connectivity index (χ0n) is 8.47. The van der Waals surface area contributed by atoms with Gasteiger partial charge in [0.2, 0.25) is 5.75 Å². The van der Waals surface area contributed by atoms with Crippen LogP contribution in [-0.2, 0) is 0 Å². The molecule has 84 valence electrons. The van der Waals surface area contributed by atoms with Crippen molar-refractivity contribution in [2.24, 2.45) is 0 Å². The van der Waals surface area contributed by atoms with Crippen LogP contribution in [0.15, 0.2) is 17.5 Å². The number of anilines is 1. The third kappa shape index (κ3) is 1.74.